The van der Waals surface area contributed by atoms with E-state index in [4.69, 9.17) is 16.0 Å². The summed E-state index contributed by atoms with van der Waals surface area (Å²) < 4.78 is 6.36. The molecule has 1 amide bonds. The zero-order valence-electron chi connectivity index (χ0n) is 13.5. The number of furan rings is 1. The van der Waals surface area contributed by atoms with E-state index in [0.717, 1.165) is 0 Å². The van der Waals surface area contributed by atoms with Gasteiger partial charge in [0.25, 0.3) is 11.6 Å². The summed E-state index contributed by atoms with van der Waals surface area (Å²) in [4.78, 5) is 22.6. The summed E-state index contributed by atoms with van der Waals surface area (Å²) in [6, 6.07) is 13.1. The van der Waals surface area contributed by atoms with Gasteiger partial charge in [-0.2, -0.15) is 0 Å². The molecule has 0 saturated carbocycles. The lowest BCUT2D eigenvalue weighted by Crippen LogP contribution is -2.03. The van der Waals surface area contributed by atoms with Gasteiger partial charge in [-0.15, -0.1) is 0 Å². The van der Waals surface area contributed by atoms with Gasteiger partial charge in [-0.1, -0.05) is 11.6 Å². The third-order valence-corrected chi connectivity index (χ3v) is 5.00. The highest BCUT2D eigenvalue weighted by Crippen LogP contribution is 2.37. The van der Waals surface area contributed by atoms with E-state index in [2.05, 4.69) is 21.2 Å². The van der Waals surface area contributed by atoms with E-state index in [1.54, 1.807) is 42.5 Å². The molecule has 0 unspecified atom stereocenters. The highest BCUT2D eigenvalue weighted by molar-refractivity contribution is 9.10. The third-order valence-electron chi connectivity index (χ3n) is 4.11. The van der Waals surface area contributed by atoms with Crippen LogP contribution in [0.5, 0.6) is 0 Å². The van der Waals surface area contributed by atoms with Crippen molar-refractivity contribution in [2.24, 2.45) is 0 Å². The van der Waals surface area contributed by atoms with Crippen LogP contribution >= 0.6 is 27.5 Å². The zero-order valence-corrected chi connectivity index (χ0v) is 15.9. The normalized spacial score (nSPS) is 14.3. The molecule has 1 aliphatic heterocycles. The molecule has 6 nitrogen and oxygen atoms in total. The van der Waals surface area contributed by atoms with Crippen molar-refractivity contribution in [3.8, 4) is 11.3 Å². The Morgan fingerprint density at radius 2 is 1.93 bits per heavy atom. The quantitative estimate of drug-likeness (QED) is 0.315. The van der Waals surface area contributed by atoms with Crippen molar-refractivity contribution in [1.82, 2.24) is 0 Å². The highest BCUT2D eigenvalue weighted by atomic mass is 79.9. The Hall–Kier alpha value is -2.90. The summed E-state index contributed by atoms with van der Waals surface area (Å²) in [5.74, 6) is 0.767. The number of nitro groups is 1. The maximum Gasteiger partial charge on any atom is 0.270 e. The molecule has 8 heteroatoms. The maximum absolute atomic E-state index is 12.2. The Morgan fingerprint density at radius 3 is 2.67 bits per heavy atom. The first-order valence-electron chi connectivity index (χ1n) is 7.79. The van der Waals surface area contributed by atoms with Crippen LogP contribution < -0.4 is 5.32 Å². The van der Waals surface area contributed by atoms with Crippen LogP contribution in [0.25, 0.3) is 23.0 Å². The zero-order chi connectivity index (χ0) is 19.1. The third kappa shape index (κ3) is 3.27. The van der Waals surface area contributed by atoms with Gasteiger partial charge in [0.2, 0.25) is 0 Å². The van der Waals surface area contributed by atoms with Gasteiger partial charge in [0.05, 0.1) is 10.5 Å². The molecule has 3 aromatic rings. The summed E-state index contributed by atoms with van der Waals surface area (Å²) in [6.07, 6.45) is 1.64. The molecule has 0 spiro atoms. The standard InChI is InChI=1S/C19H10BrClN2O4/c20-16-8-11(23(25)26)2-4-13(16)18-6-3-12(27-18)9-15-14-7-10(21)1-5-17(14)22-19(15)24/h1-9H,(H,22,24). The molecule has 1 aromatic heterocycles. The minimum absolute atomic E-state index is 0.0179. The number of benzene rings is 2. The summed E-state index contributed by atoms with van der Waals surface area (Å²) in [5.41, 5.74) is 2.51. The van der Waals surface area contributed by atoms with Gasteiger partial charge in [-0.3, -0.25) is 14.9 Å². The average molecular weight is 446 g/mol. The number of hydrogen-bond donors (Lipinski definition) is 1. The lowest BCUT2D eigenvalue weighted by Gasteiger charge is -2.01. The van der Waals surface area contributed by atoms with E-state index in [0.29, 0.717) is 43.4 Å². The number of nitro benzene ring substituents is 1. The lowest BCUT2D eigenvalue weighted by atomic mass is 10.1. The highest BCUT2D eigenvalue weighted by Gasteiger charge is 2.24. The molecule has 2 heterocycles. The fourth-order valence-corrected chi connectivity index (χ4v) is 3.57. The van der Waals surface area contributed by atoms with Crippen molar-refractivity contribution in [3.05, 3.63) is 79.5 Å². The molecule has 4 rings (SSSR count). The van der Waals surface area contributed by atoms with Crippen molar-refractivity contribution in [1.29, 1.82) is 0 Å². The molecule has 0 saturated heterocycles. The van der Waals surface area contributed by atoms with Gasteiger partial charge in [0, 0.05) is 38.4 Å². The monoisotopic (exact) mass is 444 g/mol. The molecule has 0 radical (unpaired) electrons. The van der Waals surface area contributed by atoms with E-state index in [1.165, 1.54) is 12.1 Å². The number of rotatable bonds is 3. The van der Waals surface area contributed by atoms with Crippen LogP contribution in [-0.2, 0) is 4.79 Å². The molecule has 0 aliphatic carbocycles. The number of amides is 1. The molecule has 1 aliphatic rings. The van der Waals surface area contributed by atoms with Crippen LogP contribution in [0.15, 0.2) is 57.4 Å². The summed E-state index contributed by atoms with van der Waals surface area (Å²) in [6.45, 7) is 0. The minimum atomic E-state index is -0.464. The van der Waals surface area contributed by atoms with Gasteiger partial charge in [0.15, 0.2) is 0 Å². The summed E-state index contributed by atoms with van der Waals surface area (Å²) in [5, 5.41) is 14.2. The molecule has 2 aromatic carbocycles. The van der Waals surface area contributed by atoms with Crippen molar-refractivity contribution >= 4 is 56.5 Å². The molecule has 0 fully saturated rings. The van der Waals surface area contributed by atoms with Gasteiger partial charge >= 0.3 is 0 Å². The van der Waals surface area contributed by atoms with Crippen LogP contribution in [0.2, 0.25) is 5.02 Å². The lowest BCUT2D eigenvalue weighted by molar-refractivity contribution is -0.384. The summed E-state index contributed by atoms with van der Waals surface area (Å²) in [7, 11) is 0. The van der Waals surface area contributed by atoms with E-state index in [1.807, 2.05) is 0 Å². The first-order chi connectivity index (χ1) is 12.9. The number of carbonyl (C=O) groups is 1. The first kappa shape index (κ1) is 17.5. The van der Waals surface area contributed by atoms with Crippen molar-refractivity contribution in [2.75, 3.05) is 5.32 Å². The van der Waals surface area contributed by atoms with Crippen molar-refractivity contribution in [3.63, 3.8) is 0 Å². The predicted octanol–water partition coefficient (Wildman–Crippen LogP) is 5.76. The number of hydrogen-bond acceptors (Lipinski definition) is 4. The largest absolute Gasteiger partial charge is 0.457 e. The van der Waals surface area contributed by atoms with E-state index >= 15 is 0 Å². The number of non-ortho nitro benzene ring substituents is 1. The Kier molecular flexibility index (Phi) is 4.33. The molecule has 0 atom stereocenters. The number of halogens is 2. The second-order valence-electron chi connectivity index (χ2n) is 5.83. The van der Waals surface area contributed by atoms with Crippen LogP contribution in [0.1, 0.15) is 11.3 Å². The van der Waals surface area contributed by atoms with E-state index in [-0.39, 0.29) is 11.6 Å². The molecule has 1 N–H and O–H groups in total. The Bertz CT molecular complexity index is 1140. The minimum Gasteiger partial charge on any atom is -0.457 e. The fourth-order valence-electron chi connectivity index (χ4n) is 2.84. The van der Waals surface area contributed by atoms with Crippen LogP contribution in [0.4, 0.5) is 11.4 Å². The Balaban J connectivity index is 1.70. The van der Waals surface area contributed by atoms with Crippen LogP contribution in [0, 0.1) is 10.1 Å². The van der Waals surface area contributed by atoms with E-state index < -0.39 is 4.92 Å². The maximum atomic E-state index is 12.2. The topological polar surface area (TPSA) is 85.4 Å². The van der Waals surface area contributed by atoms with Crippen LogP contribution in [-0.4, -0.2) is 10.8 Å². The molecule has 0 bridgehead atoms. The molecule has 134 valence electrons. The second-order valence-corrected chi connectivity index (χ2v) is 7.12. The first-order valence-corrected chi connectivity index (χ1v) is 8.96. The number of nitrogens with zero attached hydrogens (tertiary/aromatic N) is 1. The number of fused-ring (bicyclic) bond motifs is 1. The number of anilines is 1. The SMILES string of the molecule is O=C1Nc2ccc(Cl)cc2C1=Cc1ccc(-c2ccc([N+](=O)[O-])cc2Br)o1. The molecular formula is C19H10BrClN2O4. The average Bonchev–Trinajstić information content (AvgIpc) is 3.20. The van der Waals surface area contributed by atoms with Crippen molar-refractivity contribution < 1.29 is 14.1 Å². The van der Waals surface area contributed by atoms with Gasteiger partial charge in [0.1, 0.15) is 11.5 Å². The number of carbonyl (C=O) groups excluding carboxylic acids is 1. The summed E-state index contributed by atoms with van der Waals surface area (Å²) >= 11 is 9.36. The predicted molar refractivity (Wildman–Crippen MR) is 106 cm³/mol. The second kappa shape index (κ2) is 6.68. The van der Waals surface area contributed by atoms with E-state index in [9.17, 15) is 14.9 Å². The van der Waals surface area contributed by atoms with Crippen LogP contribution in [0.3, 0.4) is 0 Å². The Morgan fingerprint density at radius 1 is 1.11 bits per heavy atom. The Labute approximate surface area is 166 Å². The molecular weight excluding hydrogens is 436 g/mol. The smallest absolute Gasteiger partial charge is 0.270 e. The van der Waals surface area contributed by atoms with Gasteiger partial charge in [-0.25, -0.2) is 0 Å². The van der Waals surface area contributed by atoms with Gasteiger partial charge in [-0.05, 0) is 58.4 Å². The number of nitrogens with one attached hydrogen (secondary N) is 1. The van der Waals surface area contributed by atoms with Crippen molar-refractivity contribution in [2.45, 2.75) is 0 Å². The van der Waals surface area contributed by atoms with Gasteiger partial charge < -0.3 is 9.73 Å². The fraction of sp³-hybridized carbons (Fsp3) is 0. The molecule has 27 heavy (non-hydrogen) atoms.